The van der Waals surface area contributed by atoms with Crippen LogP contribution in [0.15, 0.2) is 30.3 Å². The van der Waals surface area contributed by atoms with Gasteiger partial charge in [0.25, 0.3) is 0 Å². The van der Waals surface area contributed by atoms with Crippen LogP contribution in [-0.2, 0) is 16.0 Å². The summed E-state index contributed by atoms with van der Waals surface area (Å²) in [6.45, 7) is 1.84. The maximum absolute atomic E-state index is 11.7. The second kappa shape index (κ2) is 5.38. The van der Waals surface area contributed by atoms with Gasteiger partial charge in [-0.15, -0.1) is 0 Å². The third-order valence-corrected chi connectivity index (χ3v) is 3.65. The van der Waals surface area contributed by atoms with Gasteiger partial charge in [0.05, 0.1) is 6.61 Å². The quantitative estimate of drug-likeness (QED) is 0.448. The molecule has 102 valence electrons. The largest absolute Gasteiger partial charge is 0.461 e. The lowest BCUT2D eigenvalue weighted by Gasteiger charge is -2.08. The fourth-order valence-electron chi connectivity index (χ4n) is 2.45. The van der Waals surface area contributed by atoms with Gasteiger partial charge in [-0.3, -0.25) is 10.1 Å². The van der Waals surface area contributed by atoms with E-state index in [1.165, 1.54) is 0 Å². The standard InChI is InChI=1S/C14H17NO4/c1-2-19-13(16)14(15(17)18)10-12(14)9-8-11-6-4-3-5-7-11/h3-7,12H,2,8-10H2,1H3. The summed E-state index contributed by atoms with van der Waals surface area (Å²) in [7, 11) is 0. The van der Waals surface area contributed by atoms with Gasteiger partial charge in [-0.2, -0.15) is 0 Å². The van der Waals surface area contributed by atoms with Gasteiger partial charge in [0, 0.05) is 17.3 Å². The van der Waals surface area contributed by atoms with Crippen LogP contribution in [0.3, 0.4) is 0 Å². The van der Waals surface area contributed by atoms with Crippen molar-refractivity contribution in [2.45, 2.75) is 31.7 Å². The summed E-state index contributed by atoms with van der Waals surface area (Å²) >= 11 is 0. The van der Waals surface area contributed by atoms with E-state index >= 15 is 0 Å². The van der Waals surface area contributed by atoms with Crippen LogP contribution in [-0.4, -0.2) is 23.0 Å². The summed E-state index contributed by atoms with van der Waals surface area (Å²) in [6.07, 6.45) is 1.69. The molecule has 1 aliphatic rings. The molecule has 1 aromatic carbocycles. The first-order valence-electron chi connectivity index (χ1n) is 6.47. The Labute approximate surface area is 111 Å². The van der Waals surface area contributed by atoms with Crippen LogP contribution >= 0.6 is 0 Å². The number of nitrogens with zero attached hydrogens (tertiary/aromatic N) is 1. The molecule has 1 aromatic rings. The third kappa shape index (κ3) is 2.59. The summed E-state index contributed by atoms with van der Waals surface area (Å²) in [5, 5.41) is 11.1. The second-order valence-electron chi connectivity index (χ2n) is 4.83. The van der Waals surface area contributed by atoms with E-state index in [9.17, 15) is 14.9 Å². The summed E-state index contributed by atoms with van der Waals surface area (Å²) in [6, 6.07) is 9.78. The van der Waals surface area contributed by atoms with Crippen LogP contribution in [0.1, 0.15) is 25.3 Å². The molecule has 2 atom stereocenters. The van der Waals surface area contributed by atoms with E-state index in [4.69, 9.17) is 4.74 Å². The number of aryl methyl sites for hydroxylation is 1. The molecule has 0 aliphatic heterocycles. The van der Waals surface area contributed by atoms with Crippen LogP contribution < -0.4 is 0 Å². The Kier molecular flexibility index (Phi) is 3.83. The molecule has 1 saturated carbocycles. The Balaban J connectivity index is 1.96. The first-order valence-corrected chi connectivity index (χ1v) is 6.47. The van der Waals surface area contributed by atoms with Gasteiger partial charge in [-0.05, 0) is 25.3 Å². The fourth-order valence-corrected chi connectivity index (χ4v) is 2.45. The number of carbonyl (C=O) groups is 1. The molecule has 0 saturated heterocycles. The van der Waals surface area contributed by atoms with Crippen molar-refractivity contribution in [2.75, 3.05) is 6.61 Å². The molecule has 1 fully saturated rings. The Morgan fingerprint density at radius 3 is 2.74 bits per heavy atom. The lowest BCUT2D eigenvalue weighted by Crippen LogP contribution is -2.36. The normalized spacial score (nSPS) is 24.8. The van der Waals surface area contributed by atoms with E-state index in [-0.39, 0.29) is 12.5 Å². The van der Waals surface area contributed by atoms with E-state index in [1.54, 1.807) is 6.92 Å². The number of benzene rings is 1. The Morgan fingerprint density at radius 1 is 1.47 bits per heavy atom. The van der Waals surface area contributed by atoms with Gasteiger partial charge in [-0.1, -0.05) is 30.3 Å². The zero-order valence-corrected chi connectivity index (χ0v) is 10.9. The average molecular weight is 263 g/mol. The van der Waals surface area contributed by atoms with Crippen molar-refractivity contribution in [2.24, 2.45) is 5.92 Å². The first-order chi connectivity index (χ1) is 9.11. The van der Waals surface area contributed by atoms with Crippen molar-refractivity contribution in [3.63, 3.8) is 0 Å². The van der Waals surface area contributed by atoms with Gasteiger partial charge < -0.3 is 4.74 Å². The smallest absolute Gasteiger partial charge is 0.385 e. The predicted molar refractivity (Wildman–Crippen MR) is 69.2 cm³/mol. The number of carbonyl (C=O) groups excluding carboxylic acids is 1. The number of hydrogen-bond acceptors (Lipinski definition) is 4. The highest BCUT2D eigenvalue weighted by molar-refractivity contribution is 5.83. The van der Waals surface area contributed by atoms with Crippen molar-refractivity contribution < 1.29 is 14.5 Å². The minimum absolute atomic E-state index is 0.180. The number of rotatable bonds is 6. The zero-order valence-electron chi connectivity index (χ0n) is 10.9. The van der Waals surface area contributed by atoms with E-state index in [0.717, 1.165) is 12.0 Å². The minimum atomic E-state index is -1.48. The van der Waals surface area contributed by atoms with Crippen LogP contribution in [0, 0.1) is 16.0 Å². The van der Waals surface area contributed by atoms with Crippen LogP contribution in [0.5, 0.6) is 0 Å². The van der Waals surface area contributed by atoms with Gasteiger partial charge in [-0.25, -0.2) is 4.79 Å². The van der Waals surface area contributed by atoms with Gasteiger partial charge >= 0.3 is 11.5 Å². The maximum atomic E-state index is 11.7. The number of ether oxygens (including phenoxy) is 1. The van der Waals surface area contributed by atoms with Crippen molar-refractivity contribution >= 4 is 5.97 Å². The number of hydrogen-bond donors (Lipinski definition) is 0. The van der Waals surface area contributed by atoms with Crippen LogP contribution in [0.2, 0.25) is 0 Å². The number of esters is 1. The molecule has 2 rings (SSSR count). The molecular weight excluding hydrogens is 246 g/mol. The molecule has 0 radical (unpaired) electrons. The highest BCUT2D eigenvalue weighted by Gasteiger charge is 2.72. The highest BCUT2D eigenvalue weighted by Crippen LogP contribution is 2.49. The lowest BCUT2D eigenvalue weighted by atomic mass is 10.1. The Morgan fingerprint density at radius 2 is 2.16 bits per heavy atom. The van der Waals surface area contributed by atoms with Crippen LogP contribution in [0.25, 0.3) is 0 Å². The molecule has 0 heterocycles. The molecular formula is C14H17NO4. The van der Waals surface area contributed by atoms with Crippen LogP contribution in [0.4, 0.5) is 0 Å². The van der Waals surface area contributed by atoms with E-state index < -0.39 is 16.4 Å². The molecule has 19 heavy (non-hydrogen) atoms. The molecule has 2 unspecified atom stereocenters. The monoisotopic (exact) mass is 263 g/mol. The molecule has 0 bridgehead atoms. The van der Waals surface area contributed by atoms with Crippen molar-refractivity contribution in [1.82, 2.24) is 0 Å². The van der Waals surface area contributed by atoms with Gasteiger partial charge in [0.1, 0.15) is 0 Å². The number of nitro groups is 1. The summed E-state index contributed by atoms with van der Waals surface area (Å²) in [5.41, 5.74) is -0.347. The third-order valence-electron chi connectivity index (χ3n) is 3.65. The van der Waals surface area contributed by atoms with Gasteiger partial charge in [0.15, 0.2) is 0 Å². The van der Waals surface area contributed by atoms with E-state index in [1.807, 2.05) is 30.3 Å². The fraction of sp³-hybridized carbons (Fsp3) is 0.500. The predicted octanol–water partition coefficient (Wildman–Crippen LogP) is 2.22. The Bertz CT molecular complexity index is 474. The molecule has 0 aromatic heterocycles. The summed E-state index contributed by atoms with van der Waals surface area (Å²) in [4.78, 5) is 22.4. The van der Waals surface area contributed by atoms with Crippen molar-refractivity contribution in [1.29, 1.82) is 0 Å². The zero-order chi connectivity index (χ0) is 13.9. The molecule has 1 aliphatic carbocycles. The molecule has 0 N–H and O–H groups in total. The second-order valence-corrected chi connectivity index (χ2v) is 4.83. The molecule has 0 amide bonds. The SMILES string of the molecule is CCOC(=O)C1([N+](=O)[O-])CC1CCc1ccccc1. The molecule has 0 spiro atoms. The van der Waals surface area contributed by atoms with Crippen molar-refractivity contribution in [3.8, 4) is 0 Å². The summed E-state index contributed by atoms with van der Waals surface area (Å²) < 4.78 is 4.83. The van der Waals surface area contributed by atoms with Gasteiger partial charge in [0.2, 0.25) is 0 Å². The molecule has 5 heteroatoms. The maximum Gasteiger partial charge on any atom is 0.385 e. The summed E-state index contributed by atoms with van der Waals surface area (Å²) in [5.74, 6) is -0.889. The highest BCUT2D eigenvalue weighted by atomic mass is 16.6. The minimum Gasteiger partial charge on any atom is -0.461 e. The van der Waals surface area contributed by atoms with Crippen molar-refractivity contribution in [3.05, 3.63) is 46.0 Å². The topological polar surface area (TPSA) is 69.4 Å². The average Bonchev–Trinajstić information content (AvgIpc) is 3.14. The first kappa shape index (κ1) is 13.5. The van der Waals surface area contributed by atoms with E-state index in [0.29, 0.717) is 12.8 Å². The van der Waals surface area contributed by atoms with E-state index in [2.05, 4.69) is 0 Å². The Hall–Kier alpha value is -1.91. The lowest BCUT2D eigenvalue weighted by molar-refractivity contribution is -0.529. The molecule has 5 nitrogen and oxygen atoms in total.